The third kappa shape index (κ3) is 3.33. The van der Waals surface area contributed by atoms with Crippen LogP contribution in [0.3, 0.4) is 0 Å². The molecule has 1 saturated heterocycles. The number of hydrogen-bond acceptors (Lipinski definition) is 4. The molecule has 1 fully saturated rings. The van der Waals surface area contributed by atoms with E-state index in [1.54, 1.807) is 0 Å². The number of anilines is 2. The highest BCUT2D eigenvalue weighted by molar-refractivity contribution is 5.51. The molecule has 1 unspecified atom stereocenters. The third-order valence-electron chi connectivity index (χ3n) is 3.33. The Morgan fingerprint density at radius 3 is 3.06 bits per heavy atom. The molecule has 1 atom stereocenters. The van der Waals surface area contributed by atoms with Gasteiger partial charge in [0.15, 0.2) is 0 Å². The van der Waals surface area contributed by atoms with Crippen molar-refractivity contribution < 1.29 is 0 Å². The van der Waals surface area contributed by atoms with E-state index in [2.05, 4.69) is 40.6 Å². The van der Waals surface area contributed by atoms with Crippen molar-refractivity contribution in [1.29, 1.82) is 0 Å². The van der Waals surface area contributed by atoms with Crippen molar-refractivity contribution in [2.45, 2.75) is 25.8 Å². The Morgan fingerprint density at radius 1 is 1.47 bits per heavy atom. The molecule has 0 spiro atoms. The lowest BCUT2D eigenvalue weighted by atomic mass is 10.2. The molecule has 4 heteroatoms. The van der Waals surface area contributed by atoms with Crippen molar-refractivity contribution in [3.05, 3.63) is 18.3 Å². The quantitative estimate of drug-likeness (QED) is 0.817. The number of nitrogens with one attached hydrogen (secondary N) is 2. The number of pyridine rings is 1. The maximum atomic E-state index is 4.26. The zero-order valence-electron chi connectivity index (χ0n) is 10.7. The van der Waals surface area contributed by atoms with E-state index in [0.717, 1.165) is 24.6 Å². The van der Waals surface area contributed by atoms with Crippen molar-refractivity contribution in [3.8, 4) is 0 Å². The molecule has 0 bridgehead atoms. The van der Waals surface area contributed by atoms with E-state index in [1.807, 2.05) is 12.3 Å². The van der Waals surface area contributed by atoms with Gasteiger partial charge in [0, 0.05) is 37.1 Å². The zero-order valence-corrected chi connectivity index (χ0v) is 10.7. The first-order chi connectivity index (χ1) is 8.29. The van der Waals surface area contributed by atoms with Gasteiger partial charge in [-0.3, -0.25) is 0 Å². The summed E-state index contributed by atoms with van der Waals surface area (Å²) in [5.74, 6) is 0.942. The zero-order chi connectivity index (χ0) is 12.1. The molecular formula is C13H22N4. The lowest BCUT2D eigenvalue weighted by Gasteiger charge is -2.20. The van der Waals surface area contributed by atoms with E-state index in [4.69, 9.17) is 0 Å². The van der Waals surface area contributed by atoms with Crippen LogP contribution in [0.25, 0.3) is 0 Å². The first kappa shape index (κ1) is 12.2. The second kappa shape index (κ2) is 5.87. The molecule has 0 saturated carbocycles. The maximum absolute atomic E-state index is 4.26. The SMILES string of the molecule is CCNc1cc(NCC2CCCN2C)ccn1. The standard InChI is InChI=1S/C13H22N4/c1-3-14-13-9-11(6-7-15-13)16-10-12-5-4-8-17(12)2/h6-7,9,12H,3-5,8,10H2,1-2H3,(H2,14,15,16). The summed E-state index contributed by atoms with van der Waals surface area (Å²) in [6, 6.07) is 4.76. The smallest absolute Gasteiger partial charge is 0.127 e. The van der Waals surface area contributed by atoms with Gasteiger partial charge in [0.05, 0.1) is 0 Å². The van der Waals surface area contributed by atoms with Crippen LogP contribution in [-0.2, 0) is 0 Å². The van der Waals surface area contributed by atoms with Crippen molar-refractivity contribution >= 4 is 11.5 Å². The molecule has 2 heterocycles. The average Bonchev–Trinajstić information content (AvgIpc) is 2.73. The van der Waals surface area contributed by atoms with Gasteiger partial charge in [-0.2, -0.15) is 0 Å². The number of aromatic nitrogens is 1. The highest BCUT2D eigenvalue weighted by Crippen LogP contribution is 2.17. The molecule has 0 aromatic carbocycles. The van der Waals surface area contributed by atoms with Gasteiger partial charge in [0.2, 0.25) is 0 Å². The van der Waals surface area contributed by atoms with E-state index in [0.29, 0.717) is 6.04 Å². The largest absolute Gasteiger partial charge is 0.383 e. The van der Waals surface area contributed by atoms with Crippen molar-refractivity contribution in [2.75, 3.05) is 37.3 Å². The topological polar surface area (TPSA) is 40.2 Å². The number of rotatable bonds is 5. The van der Waals surface area contributed by atoms with Crippen molar-refractivity contribution in [2.24, 2.45) is 0 Å². The summed E-state index contributed by atoms with van der Waals surface area (Å²) in [6.45, 7) is 5.23. The van der Waals surface area contributed by atoms with Gasteiger partial charge < -0.3 is 15.5 Å². The fourth-order valence-electron chi connectivity index (χ4n) is 2.29. The van der Waals surface area contributed by atoms with E-state index < -0.39 is 0 Å². The van der Waals surface area contributed by atoms with E-state index in [-0.39, 0.29) is 0 Å². The molecule has 4 nitrogen and oxygen atoms in total. The van der Waals surface area contributed by atoms with Gasteiger partial charge in [-0.1, -0.05) is 0 Å². The predicted octanol–water partition coefficient (Wildman–Crippen LogP) is 2.02. The molecule has 17 heavy (non-hydrogen) atoms. The highest BCUT2D eigenvalue weighted by atomic mass is 15.2. The summed E-state index contributed by atoms with van der Waals surface area (Å²) in [5, 5.41) is 6.72. The first-order valence-electron chi connectivity index (χ1n) is 6.43. The fraction of sp³-hybridized carbons (Fsp3) is 0.615. The Kier molecular flexibility index (Phi) is 4.20. The second-order valence-corrected chi connectivity index (χ2v) is 4.62. The molecule has 1 aromatic rings. The molecule has 1 aliphatic rings. The molecule has 0 aliphatic carbocycles. The Morgan fingerprint density at radius 2 is 2.35 bits per heavy atom. The Balaban J connectivity index is 1.87. The van der Waals surface area contributed by atoms with Gasteiger partial charge in [-0.25, -0.2) is 4.98 Å². The Bertz CT molecular complexity index is 353. The van der Waals surface area contributed by atoms with Gasteiger partial charge in [0.25, 0.3) is 0 Å². The summed E-state index contributed by atoms with van der Waals surface area (Å²) in [7, 11) is 2.20. The van der Waals surface area contributed by atoms with Crippen LogP contribution in [-0.4, -0.2) is 42.6 Å². The third-order valence-corrected chi connectivity index (χ3v) is 3.33. The van der Waals surface area contributed by atoms with Crippen LogP contribution in [0.15, 0.2) is 18.3 Å². The van der Waals surface area contributed by atoms with Gasteiger partial charge in [-0.05, 0) is 39.4 Å². The highest BCUT2D eigenvalue weighted by Gasteiger charge is 2.20. The summed E-state index contributed by atoms with van der Waals surface area (Å²) in [5.41, 5.74) is 1.15. The normalized spacial score (nSPS) is 20.5. The molecule has 2 rings (SSSR count). The van der Waals surface area contributed by atoms with Crippen molar-refractivity contribution in [1.82, 2.24) is 9.88 Å². The lowest BCUT2D eigenvalue weighted by Crippen LogP contribution is -2.31. The number of likely N-dealkylation sites (tertiary alicyclic amines) is 1. The molecule has 1 aliphatic heterocycles. The molecule has 1 aromatic heterocycles. The minimum atomic E-state index is 0.672. The van der Waals surface area contributed by atoms with E-state index in [1.165, 1.54) is 19.4 Å². The van der Waals surface area contributed by atoms with Gasteiger partial charge in [-0.15, -0.1) is 0 Å². The monoisotopic (exact) mass is 234 g/mol. The van der Waals surface area contributed by atoms with E-state index in [9.17, 15) is 0 Å². The van der Waals surface area contributed by atoms with Gasteiger partial charge in [0.1, 0.15) is 5.82 Å². The van der Waals surface area contributed by atoms with Crippen LogP contribution in [0.2, 0.25) is 0 Å². The summed E-state index contributed by atoms with van der Waals surface area (Å²) < 4.78 is 0. The van der Waals surface area contributed by atoms with Crippen LogP contribution in [0.4, 0.5) is 11.5 Å². The molecule has 0 radical (unpaired) electrons. The number of likely N-dealkylation sites (N-methyl/N-ethyl adjacent to an activating group) is 1. The molecular weight excluding hydrogens is 212 g/mol. The first-order valence-corrected chi connectivity index (χ1v) is 6.43. The maximum Gasteiger partial charge on any atom is 0.127 e. The Labute approximate surface area is 103 Å². The number of hydrogen-bond donors (Lipinski definition) is 2. The minimum absolute atomic E-state index is 0.672. The minimum Gasteiger partial charge on any atom is -0.383 e. The summed E-state index contributed by atoms with van der Waals surface area (Å²) in [4.78, 5) is 6.69. The van der Waals surface area contributed by atoms with Crippen LogP contribution < -0.4 is 10.6 Å². The van der Waals surface area contributed by atoms with E-state index >= 15 is 0 Å². The number of nitrogens with zero attached hydrogens (tertiary/aromatic N) is 2. The summed E-state index contributed by atoms with van der Waals surface area (Å²) in [6.07, 6.45) is 4.47. The molecule has 2 N–H and O–H groups in total. The van der Waals surface area contributed by atoms with Crippen LogP contribution in [0.1, 0.15) is 19.8 Å². The van der Waals surface area contributed by atoms with Crippen LogP contribution >= 0.6 is 0 Å². The fourth-order valence-corrected chi connectivity index (χ4v) is 2.29. The second-order valence-electron chi connectivity index (χ2n) is 4.62. The average molecular weight is 234 g/mol. The van der Waals surface area contributed by atoms with Gasteiger partial charge >= 0.3 is 0 Å². The van der Waals surface area contributed by atoms with Crippen LogP contribution in [0.5, 0.6) is 0 Å². The molecule has 94 valence electrons. The lowest BCUT2D eigenvalue weighted by molar-refractivity contribution is 0.322. The van der Waals surface area contributed by atoms with Crippen molar-refractivity contribution in [3.63, 3.8) is 0 Å². The van der Waals surface area contributed by atoms with Crippen LogP contribution in [0, 0.1) is 0 Å². The predicted molar refractivity (Wildman–Crippen MR) is 72.5 cm³/mol. The molecule has 0 amide bonds. The Hall–Kier alpha value is -1.29. The summed E-state index contributed by atoms with van der Waals surface area (Å²) >= 11 is 0.